The zero-order valence-electron chi connectivity index (χ0n) is 12.6. The monoisotopic (exact) mass is 316 g/mol. The van der Waals surface area contributed by atoms with Gasteiger partial charge in [0.25, 0.3) is 0 Å². The van der Waals surface area contributed by atoms with Gasteiger partial charge >= 0.3 is 0 Å². The first-order valence-corrected chi connectivity index (χ1v) is 7.37. The van der Waals surface area contributed by atoms with Crippen molar-refractivity contribution < 1.29 is 9.21 Å². The van der Waals surface area contributed by atoms with Crippen LogP contribution in [0.1, 0.15) is 16.1 Å². The molecule has 6 nitrogen and oxygen atoms in total. The number of hydrogen-bond acceptors (Lipinski definition) is 6. The third-order valence-electron chi connectivity index (χ3n) is 3.66. The Kier molecular flexibility index (Phi) is 3.55. The molecule has 0 bridgehead atoms. The predicted octanol–water partition coefficient (Wildman–Crippen LogP) is 3.11. The molecular weight excluding hydrogens is 304 g/mol. The zero-order valence-corrected chi connectivity index (χ0v) is 12.6. The first-order chi connectivity index (χ1) is 11.8. The van der Waals surface area contributed by atoms with Crippen molar-refractivity contribution in [2.24, 2.45) is 0 Å². The minimum Gasteiger partial charge on any atom is -0.442 e. The molecule has 0 fully saturated rings. The van der Waals surface area contributed by atoms with E-state index in [0.29, 0.717) is 22.7 Å². The van der Waals surface area contributed by atoms with Gasteiger partial charge in [-0.15, -0.1) is 0 Å². The second-order valence-corrected chi connectivity index (χ2v) is 5.27. The average molecular weight is 316 g/mol. The van der Waals surface area contributed by atoms with Crippen molar-refractivity contribution in [3.05, 3.63) is 72.8 Å². The molecule has 0 aromatic carbocycles. The number of fused-ring (bicyclic) bond motifs is 1. The molecule has 0 saturated carbocycles. The third-order valence-corrected chi connectivity index (χ3v) is 3.66. The minimum absolute atomic E-state index is 0.00404. The summed E-state index contributed by atoms with van der Waals surface area (Å²) in [5.41, 5.74) is 2.75. The van der Waals surface area contributed by atoms with Gasteiger partial charge in [0, 0.05) is 29.5 Å². The van der Waals surface area contributed by atoms with E-state index >= 15 is 0 Å². The largest absolute Gasteiger partial charge is 0.442 e. The molecule has 0 saturated heterocycles. The maximum atomic E-state index is 12.3. The van der Waals surface area contributed by atoms with E-state index in [9.17, 15) is 4.79 Å². The molecular formula is C18H12N4O2. The second-order valence-electron chi connectivity index (χ2n) is 5.27. The highest BCUT2D eigenvalue weighted by molar-refractivity contribution is 5.97. The number of carbonyl (C=O) groups excluding carboxylic acids is 1. The number of ketones is 1. The Balaban J connectivity index is 1.66. The van der Waals surface area contributed by atoms with Crippen LogP contribution in [0.25, 0.3) is 22.4 Å². The lowest BCUT2D eigenvalue weighted by Crippen LogP contribution is -2.05. The third kappa shape index (κ3) is 2.77. The number of oxazole rings is 1. The molecule has 0 radical (unpaired) electrons. The highest BCUT2D eigenvalue weighted by atomic mass is 16.3. The summed E-state index contributed by atoms with van der Waals surface area (Å²) in [6, 6.07) is 9.00. The average Bonchev–Trinajstić information content (AvgIpc) is 3.16. The van der Waals surface area contributed by atoms with Crippen molar-refractivity contribution in [3.8, 4) is 11.5 Å². The summed E-state index contributed by atoms with van der Waals surface area (Å²) >= 11 is 0. The van der Waals surface area contributed by atoms with Gasteiger partial charge in [0.05, 0.1) is 23.8 Å². The van der Waals surface area contributed by atoms with E-state index in [-0.39, 0.29) is 12.2 Å². The van der Waals surface area contributed by atoms with Gasteiger partial charge in [0.1, 0.15) is 5.69 Å². The van der Waals surface area contributed by atoms with Crippen molar-refractivity contribution >= 4 is 16.7 Å². The Labute approximate surface area is 137 Å². The molecule has 116 valence electrons. The van der Waals surface area contributed by atoms with Crippen LogP contribution in [0.5, 0.6) is 0 Å². The highest BCUT2D eigenvalue weighted by Crippen LogP contribution is 2.21. The Morgan fingerprint density at radius 1 is 1.04 bits per heavy atom. The lowest BCUT2D eigenvalue weighted by atomic mass is 10.1. The lowest BCUT2D eigenvalue weighted by molar-refractivity contribution is 0.0992. The summed E-state index contributed by atoms with van der Waals surface area (Å²) in [6.07, 6.45) is 8.13. The molecule has 0 aliphatic heterocycles. The first-order valence-electron chi connectivity index (χ1n) is 7.37. The molecule has 4 aromatic heterocycles. The Morgan fingerprint density at radius 2 is 1.92 bits per heavy atom. The summed E-state index contributed by atoms with van der Waals surface area (Å²) in [5, 5.41) is 0.901. The van der Waals surface area contributed by atoms with Crippen LogP contribution in [0, 0.1) is 0 Å². The van der Waals surface area contributed by atoms with Crippen LogP contribution in [-0.4, -0.2) is 25.7 Å². The molecule has 0 aliphatic rings. The summed E-state index contributed by atoms with van der Waals surface area (Å²) < 4.78 is 5.27. The number of Topliss-reactive ketones (excluding diaryl/α,β-unsaturated/α-hetero) is 1. The lowest BCUT2D eigenvalue weighted by Gasteiger charge is -2.04. The van der Waals surface area contributed by atoms with Crippen LogP contribution in [0.4, 0.5) is 0 Å². The second kappa shape index (κ2) is 6.00. The van der Waals surface area contributed by atoms with Crippen molar-refractivity contribution in [2.75, 3.05) is 0 Å². The molecule has 4 heterocycles. The standard InChI is InChI=1S/C18H12N4O2/c23-17(12-3-5-19-6-4-12)8-14-7-16-13(9-21-14)1-2-15(22-16)18-10-20-11-24-18/h1-7,9-11H,8H2. The van der Waals surface area contributed by atoms with Gasteiger partial charge in [0.2, 0.25) is 0 Å². The van der Waals surface area contributed by atoms with E-state index in [1.54, 1.807) is 36.9 Å². The van der Waals surface area contributed by atoms with E-state index in [1.807, 2.05) is 18.2 Å². The normalized spacial score (nSPS) is 10.8. The smallest absolute Gasteiger partial charge is 0.181 e. The van der Waals surface area contributed by atoms with E-state index in [4.69, 9.17) is 4.42 Å². The maximum absolute atomic E-state index is 12.3. The van der Waals surface area contributed by atoms with Gasteiger partial charge in [-0.05, 0) is 30.3 Å². The fourth-order valence-corrected chi connectivity index (χ4v) is 2.44. The summed E-state index contributed by atoms with van der Waals surface area (Å²) in [6.45, 7) is 0. The number of rotatable bonds is 4. The van der Waals surface area contributed by atoms with Crippen LogP contribution < -0.4 is 0 Å². The number of pyridine rings is 3. The van der Waals surface area contributed by atoms with Crippen molar-refractivity contribution in [1.29, 1.82) is 0 Å². The van der Waals surface area contributed by atoms with Crippen LogP contribution in [0.3, 0.4) is 0 Å². The van der Waals surface area contributed by atoms with Crippen molar-refractivity contribution in [1.82, 2.24) is 19.9 Å². The Bertz CT molecular complexity index is 998. The molecule has 6 heteroatoms. The molecule has 24 heavy (non-hydrogen) atoms. The van der Waals surface area contributed by atoms with E-state index < -0.39 is 0 Å². The topological polar surface area (TPSA) is 81.8 Å². The molecule has 0 atom stereocenters. The van der Waals surface area contributed by atoms with E-state index in [1.165, 1.54) is 6.39 Å². The predicted molar refractivity (Wildman–Crippen MR) is 87.3 cm³/mol. The van der Waals surface area contributed by atoms with E-state index in [2.05, 4.69) is 19.9 Å². The van der Waals surface area contributed by atoms with Crippen LogP contribution >= 0.6 is 0 Å². The molecule has 0 N–H and O–H groups in total. The van der Waals surface area contributed by atoms with Crippen LogP contribution in [-0.2, 0) is 6.42 Å². The molecule has 4 aromatic rings. The zero-order chi connectivity index (χ0) is 16.4. The Morgan fingerprint density at radius 3 is 2.71 bits per heavy atom. The Hall–Kier alpha value is -3.41. The summed E-state index contributed by atoms with van der Waals surface area (Å²) in [5.74, 6) is 0.596. The van der Waals surface area contributed by atoms with Crippen LogP contribution in [0.2, 0.25) is 0 Å². The number of nitrogens with zero attached hydrogens (tertiary/aromatic N) is 4. The summed E-state index contributed by atoms with van der Waals surface area (Å²) in [4.78, 5) is 29.0. The highest BCUT2D eigenvalue weighted by Gasteiger charge is 2.10. The van der Waals surface area contributed by atoms with Gasteiger partial charge in [-0.1, -0.05) is 0 Å². The molecule has 0 unspecified atom stereocenters. The van der Waals surface area contributed by atoms with Gasteiger partial charge in [-0.3, -0.25) is 14.8 Å². The number of carbonyl (C=O) groups is 1. The van der Waals surface area contributed by atoms with Gasteiger partial charge < -0.3 is 4.42 Å². The first kappa shape index (κ1) is 14.2. The fourth-order valence-electron chi connectivity index (χ4n) is 2.44. The molecule has 0 aliphatic carbocycles. The van der Waals surface area contributed by atoms with Gasteiger partial charge in [-0.25, -0.2) is 9.97 Å². The van der Waals surface area contributed by atoms with Gasteiger partial charge in [0.15, 0.2) is 17.9 Å². The van der Waals surface area contributed by atoms with Crippen molar-refractivity contribution in [2.45, 2.75) is 6.42 Å². The fraction of sp³-hybridized carbons (Fsp3) is 0.0556. The van der Waals surface area contributed by atoms with Crippen molar-refractivity contribution in [3.63, 3.8) is 0 Å². The quantitative estimate of drug-likeness (QED) is 0.538. The van der Waals surface area contributed by atoms with Gasteiger partial charge in [-0.2, -0.15) is 0 Å². The number of aromatic nitrogens is 4. The number of hydrogen-bond donors (Lipinski definition) is 0. The molecule has 0 amide bonds. The minimum atomic E-state index is -0.00404. The van der Waals surface area contributed by atoms with Crippen LogP contribution in [0.15, 0.2) is 65.9 Å². The van der Waals surface area contributed by atoms with E-state index in [0.717, 1.165) is 10.9 Å². The SMILES string of the molecule is O=C(Cc1cc2nc(-c3cnco3)ccc2cn1)c1ccncc1. The maximum Gasteiger partial charge on any atom is 0.181 e. The molecule has 4 rings (SSSR count). The molecule has 0 spiro atoms. The summed E-state index contributed by atoms with van der Waals surface area (Å²) in [7, 11) is 0.